The minimum Gasteiger partial charge on any atom is -0.496 e. The van der Waals surface area contributed by atoms with Crippen LogP contribution in [0, 0.1) is 0 Å². The third kappa shape index (κ3) is 5.39. The van der Waals surface area contributed by atoms with E-state index in [-0.39, 0.29) is 0 Å². The second kappa shape index (κ2) is 10.6. The normalized spacial score (nSPS) is 14.6. The Kier molecular flexibility index (Phi) is 7.55. The van der Waals surface area contributed by atoms with Crippen molar-refractivity contribution in [3.05, 3.63) is 59.7 Å². The average molecular weight is 383 g/mol. The molecule has 6 heteroatoms. The highest BCUT2D eigenvalue weighted by Crippen LogP contribution is 2.21. The smallest absolute Gasteiger partial charge is 0.191 e. The average Bonchev–Trinajstić information content (AvgIpc) is 2.77. The first kappa shape index (κ1) is 20.0. The fourth-order valence-electron chi connectivity index (χ4n) is 3.40. The minimum atomic E-state index is 0.724. The van der Waals surface area contributed by atoms with Gasteiger partial charge in [-0.1, -0.05) is 36.4 Å². The number of para-hydroxylation sites is 2. The number of anilines is 1. The monoisotopic (exact) mass is 382 g/mol. The fourth-order valence-corrected chi connectivity index (χ4v) is 3.40. The van der Waals surface area contributed by atoms with Gasteiger partial charge in [-0.2, -0.15) is 0 Å². The first-order valence-corrected chi connectivity index (χ1v) is 9.79. The molecule has 0 spiro atoms. The zero-order valence-corrected chi connectivity index (χ0v) is 16.8. The van der Waals surface area contributed by atoms with Crippen molar-refractivity contribution in [2.75, 3.05) is 51.9 Å². The predicted octanol–water partition coefficient (Wildman–Crippen LogP) is 2.44. The first-order valence-electron chi connectivity index (χ1n) is 9.79. The van der Waals surface area contributed by atoms with Crippen LogP contribution in [0.4, 0.5) is 5.69 Å². The highest BCUT2D eigenvalue weighted by atomic mass is 16.5. The lowest BCUT2D eigenvalue weighted by Gasteiger charge is -2.30. The van der Waals surface area contributed by atoms with E-state index in [0.29, 0.717) is 0 Å². The lowest BCUT2D eigenvalue weighted by atomic mass is 10.1. The van der Waals surface area contributed by atoms with Gasteiger partial charge in [-0.25, -0.2) is 0 Å². The first-order chi connectivity index (χ1) is 13.8. The summed E-state index contributed by atoms with van der Waals surface area (Å²) in [6.45, 7) is 4.95. The summed E-state index contributed by atoms with van der Waals surface area (Å²) in [5.74, 6) is 1.72. The summed E-state index contributed by atoms with van der Waals surface area (Å²) in [7, 11) is 3.50. The molecule has 0 radical (unpaired) electrons. The molecule has 6 nitrogen and oxygen atoms in total. The number of benzene rings is 2. The van der Waals surface area contributed by atoms with Crippen LogP contribution in [0.1, 0.15) is 11.1 Å². The van der Waals surface area contributed by atoms with E-state index >= 15 is 0 Å². The second-order valence-corrected chi connectivity index (χ2v) is 6.64. The van der Waals surface area contributed by atoms with Crippen LogP contribution in [0.15, 0.2) is 53.5 Å². The third-order valence-electron chi connectivity index (χ3n) is 4.89. The molecule has 0 aliphatic carbocycles. The number of methoxy groups -OCH3 is 1. The van der Waals surface area contributed by atoms with E-state index in [1.165, 1.54) is 16.8 Å². The van der Waals surface area contributed by atoms with Gasteiger partial charge in [0.25, 0.3) is 0 Å². The minimum absolute atomic E-state index is 0.724. The molecule has 3 rings (SSSR count). The molecule has 28 heavy (non-hydrogen) atoms. The number of aliphatic imine (C=N–C) groups is 1. The highest BCUT2D eigenvalue weighted by molar-refractivity contribution is 5.79. The number of hydrogen-bond acceptors (Lipinski definition) is 4. The summed E-state index contributed by atoms with van der Waals surface area (Å²) in [5, 5.41) is 6.82. The molecule has 0 aromatic heterocycles. The molecular formula is C22H30N4O2. The molecule has 1 aliphatic heterocycles. The van der Waals surface area contributed by atoms with Gasteiger partial charge in [0.1, 0.15) is 5.75 Å². The molecule has 2 N–H and O–H groups in total. The Morgan fingerprint density at radius 3 is 2.50 bits per heavy atom. The van der Waals surface area contributed by atoms with Crippen molar-refractivity contribution in [3.8, 4) is 5.75 Å². The maximum atomic E-state index is 5.48. The number of rotatable bonds is 7. The lowest BCUT2D eigenvalue weighted by molar-refractivity contribution is 0.122. The molecule has 2 aromatic carbocycles. The molecule has 1 aliphatic rings. The number of morpholine rings is 1. The number of ether oxygens (including phenoxy) is 2. The Bertz CT molecular complexity index is 773. The summed E-state index contributed by atoms with van der Waals surface area (Å²) in [6, 6.07) is 16.6. The molecule has 0 atom stereocenters. The van der Waals surface area contributed by atoms with Gasteiger partial charge in [0.05, 0.1) is 20.3 Å². The number of nitrogens with zero attached hydrogens (tertiary/aromatic N) is 2. The molecule has 1 saturated heterocycles. The summed E-state index contributed by atoms with van der Waals surface area (Å²) in [4.78, 5) is 6.74. The van der Waals surface area contributed by atoms with Gasteiger partial charge in [0.2, 0.25) is 0 Å². The van der Waals surface area contributed by atoms with Crippen LogP contribution in [0.3, 0.4) is 0 Å². The van der Waals surface area contributed by atoms with E-state index < -0.39 is 0 Å². The van der Waals surface area contributed by atoms with Crippen molar-refractivity contribution >= 4 is 11.6 Å². The SMILES string of the molecule is CN=C(NCCc1ccccc1OC)NCc1ccccc1N1CCOCC1. The molecule has 1 fully saturated rings. The van der Waals surface area contributed by atoms with Gasteiger partial charge in [0, 0.05) is 38.9 Å². The molecule has 0 unspecified atom stereocenters. The zero-order chi connectivity index (χ0) is 19.6. The Morgan fingerprint density at radius 1 is 1.04 bits per heavy atom. The van der Waals surface area contributed by atoms with E-state index in [4.69, 9.17) is 9.47 Å². The molecule has 0 bridgehead atoms. The Hall–Kier alpha value is -2.73. The molecule has 1 heterocycles. The summed E-state index contributed by atoms with van der Waals surface area (Å²) < 4.78 is 10.9. The Morgan fingerprint density at radius 2 is 1.75 bits per heavy atom. The maximum Gasteiger partial charge on any atom is 0.191 e. The van der Waals surface area contributed by atoms with Crippen molar-refractivity contribution in [2.45, 2.75) is 13.0 Å². The second-order valence-electron chi connectivity index (χ2n) is 6.64. The van der Waals surface area contributed by atoms with Gasteiger partial charge in [0.15, 0.2) is 5.96 Å². The third-order valence-corrected chi connectivity index (χ3v) is 4.89. The largest absolute Gasteiger partial charge is 0.496 e. The van der Waals surface area contributed by atoms with Crippen molar-refractivity contribution in [1.29, 1.82) is 0 Å². The van der Waals surface area contributed by atoms with Crippen LogP contribution in [0.25, 0.3) is 0 Å². The van der Waals surface area contributed by atoms with Crippen molar-refractivity contribution < 1.29 is 9.47 Å². The number of guanidine groups is 1. The number of nitrogens with one attached hydrogen (secondary N) is 2. The Balaban J connectivity index is 1.53. The molecule has 2 aromatic rings. The van der Waals surface area contributed by atoms with E-state index in [1.807, 2.05) is 18.2 Å². The summed E-state index contributed by atoms with van der Waals surface area (Å²) in [5.41, 5.74) is 3.71. The van der Waals surface area contributed by atoms with Crippen LogP contribution in [0.5, 0.6) is 5.75 Å². The van der Waals surface area contributed by atoms with Crippen LogP contribution >= 0.6 is 0 Å². The highest BCUT2D eigenvalue weighted by Gasteiger charge is 2.14. The van der Waals surface area contributed by atoms with Crippen LogP contribution in [0.2, 0.25) is 0 Å². The van der Waals surface area contributed by atoms with Crippen molar-refractivity contribution in [2.24, 2.45) is 4.99 Å². The van der Waals surface area contributed by atoms with E-state index in [1.54, 1.807) is 14.2 Å². The quantitative estimate of drug-likeness (QED) is 0.569. The topological polar surface area (TPSA) is 58.1 Å². The van der Waals surface area contributed by atoms with Gasteiger partial charge in [-0.15, -0.1) is 0 Å². The van der Waals surface area contributed by atoms with Crippen LogP contribution in [-0.2, 0) is 17.7 Å². The van der Waals surface area contributed by atoms with E-state index in [0.717, 1.165) is 57.5 Å². The lowest BCUT2D eigenvalue weighted by Crippen LogP contribution is -2.39. The maximum absolute atomic E-state index is 5.48. The molecular weight excluding hydrogens is 352 g/mol. The molecule has 150 valence electrons. The van der Waals surface area contributed by atoms with Crippen molar-refractivity contribution in [3.63, 3.8) is 0 Å². The summed E-state index contributed by atoms with van der Waals surface area (Å²) >= 11 is 0. The van der Waals surface area contributed by atoms with Crippen LogP contribution in [-0.4, -0.2) is 53.0 Å². The van der Waals surface area contributed by atoms with Crippen molar-refractivity contribution in [1.82, 2.24) is 10.6 Å². The Labute approximate surface area is 167 Å². The van der Waals surface area contributed by atoms with Gasteiger partial charge in [-0.3, -0.25) is 4.99 Å². The number of hydrogen-bond donors (Lipinski definition) is 2. The predicted molar refractivity (Wildman–Crippen MR) is 114 cm³/mol. The molecule has 0 saturated carbocycles. The fraction of sp³-hybridized carbons (Fsp3) is 0.409. The van der Waals surface area contributed by atoms with Gasteiger partial charge < -0.3 is 25.0 Å². The standard InChI is InChI=1S/C22H30N4O2/c1-23-22(24-12-11-18-7-4-6-10-21(18)27-2)25-17-19-8-3-5-9-20(19)26-13-15-28-16-14-26/h3-10H,11-17H2,1-2H3,(H2,23,24,25). The van der Waals surface area contributed by atoms with Crippen LogP contribution < -0.4 is 20.3 Å². The zero-order valence-electron chi connectivity index (χ0n) is 16.8. The van der Waals surface area contributed by atoms with Gasteiger partial charge in [-0.05, 0) is 29.7 Å². The van der Waals surface area contributed by atoms with Gasteiger partial charge >= 0.3 is 0 Å². The van der Waals surface area contributed by atoms with E-state index in [9.17, 15) is 0 Å². The summed E-state index contributed by atoms with van der Waals surface area (Å²) in [6.07, 6.45) is 0.870. The van der Waals surface area contributed by atoms with E-state index in [2.05, 4.69) is 50.9 Å². The molecule has 0 amide bonds.